The number of ether oxygens (including phenoxy) is 1. The fourth-order valence-electron chi connectivity index (χ4n) is 3.58. The summed E-state index contributed by atoms with van der Waals surface area (Å²) < 4.78 is 5.25. The lowest BCUT2D eigenvalue weighted by Gasteiger charge is -2.34. The van der Waals surface area contributed by atoms with Crippen molar-refractivity contribution in [1.82, 2.24) is 9.97 Å². The van der Waals surface area contributed by atoms with E-state index >= 15 is 0 Å². The molecule has 25 heavy (non-hydrogen) atoms. The number of amides is 1. The van der Waals surface area contributed by atoms with Gasteiger partial charge in [-0.3, -0.25) is 4.79 Å². The van der Waals surface area contributed by atoms with Crippen LogP contribution in [0.25, 0.3) is 0 Å². The maximum atomic E-state index is 13.1. The lowest BCUT2D eigenvalue weighted by Crippen LogP contribution is -2.37. The molecule has 1 saturated carbocycles. The Bertz CT molecular complexity index is 773. The molecule has 0 N–H and O–H groups in total. The van der Waals surface area contributed by atoms with Gasteiger partial charge in [0.2, 0.25) is 0 Å². The Hall–Kier alpha value is -2.27. The molecule has 0 bridgehead atoms. The van der Waals surface area contributed by atoms with Crippen LogP contribution < -0.4 is 4.90 Å². The molecule has 1 unspecified atom stereocenters. The minimum absolute atomic E-state index is 0.0260. The molecule has 0 saturated heterocycles. The number of fused-ring (bicyclic) bond motifs is 1. The molecule has 0 radical (unpaired) electrons. The van der Waals surface area contributed by atoms with Gasteiger partial charge < -0.3 is 9.64 Å². The van der Waals surface area contributed by atoms with E-state index in [2.05, 4.69) is 16.0 Å². The van der Waals surface area contributed by atoms with Crippen molar-refractivity contribution in [2.75, 3.05) is 25.2 Å². The van der Waals surface area contributed by atoms with Crippen molar-refractivity contribution >= 4 is 11.6 Å². The summed E-state index contributed by atoms with van der Waals surface area (Å²) in [5, 5.41) is 0. The number of anilines is 1. The number of hydrogen-bond donors (Lipinski definition) is 0. The van der Waals surface area contributed by atoms with Gasteiger partial charge in [0.05, 0.1) is 0 Å². The molecule has 2 aromatic rings. The summed E-state index contributed by atoms with van der Waals surface area (Å²) in [5.74, 6) is 1.67. The second-order valence-electron chi connectivity index (χ2n) is 6.86. The molecule has 2 aliphatic rings. The fourth-order valence-corrected chi connectivity index (χ4v) is 3.58. The number of para-hydroxylation sites is 1. The van der Waals surface area contributed by atoms with Crippen LogP contribution >= 0.6 is 0 Å². The molecule has 1 amide bonds. The van der Waals surface area contributed by atoms with Crippen LogP contribution in [-0.4, -0.2) is 36.1 Å². The Labute approximate surface area is 148 Å². The molecule has 5 nitrogen and oxygen atoms in total. The number of benzene rings is 1. The number of nitrogens with zero attached hydrogens (tertiary/aromatic N) is 3. The average Bonchev–Trinajstić information content (AvgIpc) is 3.51. The number of rotatable bonds is 5. The van der Waals surface area contributed by atoms with Gasteiger partial charge in [-0.1, -0.05) is 18.2 Å². The van der Waals surface area contributed by atoms with Gasteiger partial charge in [-0.25, -0.2) is 9.97 Å². The van der Waals surface area contributed by atoms with Crippen molar-refractivity contribution in [1.29, 1.82) is 0 Å². The Morgan fingerprint density at radius 3 is 2.88 bits per heavy atom. The number of aromatic nitrogens is 2. The monoisotopic (exact) mass is 337 g/mol. The van der Waals surface area contributed by atoms with E-state index in [4.69, 9.17) is 4.74 Å². The van der Waals surface area contributed by atoms with Crippen LogP contribution in [0.2, 0.25) is 0 Å². The normalized spacial score (nSPS) is 19.6. The zero-order valence-corrected chi connectivity index (χ0v) is 14.5. The summed E-state index contributed by atoms with van der Waals surface area (Å²) in [6.45, 7) is 1.45. The third-order valence-corrected chi connectivity index (χ3v) is 5.12. The van der Waals surface area contributed by atoms with Gasteiger partial charge in [-0.15, -0.1) is 0 Å². The van der Waals surface area contributed by atoms with Gasteiger partial charge in [-0.2, -0.15) is 0 Å². The predicted octanol–water partition coefficient (Wildman–Crippen LogP) is 3.52. The van der Waals surface area contributed by atoms with E-state index in [9.17, 15) is 4.79 Å². The molecule has 4 rings (SSSR count). The van der Waals surface area contributed by atoms with Crippen molar-refractivity contribution in [3.05, 3.63) is 53.6 Å². The molecule has 5 heteroatoms. The zero-order valence-electron chi connectivity index (χ0n) is 14.5. The van der Waals surface area contributed by atoms with Gasteiger partial charge in [0.15, 0.2) is 0 Å². The van der Waals surface area contributed by atoms with Gasteiger partial charge in [0.25, 0.3) is 5.91 Å². The highest BCUT2D eigenvalue weighted by Crippen LogP contribution is 2.39. The largest absolute Gasteiger partial charge is 0.385 e. The molecule has 1 aromatic carbocycles. The Kier molecular flexibility index (Phi) is 4.49. The van der Waals surface area contributed by atoms with E-state index in [1.807, 2.05) is 23.1 Å². The lowest BCUT2D eigenvalue weighted by molar-refractivity contribution is 0.0978. The second-order valence-corrected chi connectivity index (χ2v) is 6.86. The lowest BCUT2D eigenvalue weighted by atomic mass is 9.87. The summed E-state index contributed by atoms with van der Waals surface area (Å²) in [6, 6.07) is 9.93. The van der Waals surface area contributed by atoms with E-state index in [1.165, 1.54) is 5.56 Å². The van der Waals surface area contributed by atoms with Crippen molar-refractivity contribution in [2.24, 2.45) is 0 Å². The van der Waals surface area contributed by atoms with Crippen molar-refractivity contribution in [3.8, 4) is 0 Å². The topological polar surface area (TPSA) is 55.3 Å². The van der Waals surface area contributed by atoms with Crippen LogP contribution in [0.5, 0.6) is 0 Å². The molecule has 1 aliphatic carbocycles. The minimum Gasteiger partial charge on any atom is -0.385 e. The fraction of sp³-hybridized carbons (Fsp3) is 0.450. The van der Waals surface area contributed by atoms with Crippen LogP contribution in [-0.2, 0) is 4.74 Å². The van der Waals surface area contributed by atoms with Crippen LogP contribution in [0.3, 0.4) is 0 Å². The first-order valence-corrected chi connectivity index (χ1v) is 9.00. The molecular formula is C20H23N3O2. The first-order valence-electron chi connectivity index (χ1n) is 9.00. The third kappa shape index (κ3) is 3.29. The third-order valence-electron chi connectivity index (χ3n) is 5.12. The molecule has 2 heterocycles. The van der Waals surface area contributed by atoms with Crippen molar-refractivity contribution in [2.45, 2.75) is 37.5 Å². The molecule has 0 spiro atoms. The van der Waals surface area contributed by atoms with Crippen molar-refractivity contribution in [3.63, 3.8) is 0 Å². The van der Waals surface area contributed by atoms with E-state index in [0.29, 0.717) is 24.1 Å². The van der Waals surface area contributed by atoms with Crippen LogP contribution in [0.1, 0.15) is 59.4 Å². The van der Waals surface area contributed by atoms with Crippen molar-refractivity contribution < 1.29 is 9.53 Å². The zero-order chi connectivity index (χ0) is 17.2. The number of carbonyl (C=O) groups is 1. The van der Waals surface area contributed by atoms with Gasteiger partial charge in [-0.05, 0) is 49.3 Å². The van der Waals surface area contributed by atoms with E-state index in [1.54, 1.807) is 19.4 Å². The first-order chi connectivity index (χ1) is 12.3. The Balaban J connectivity index is 1.61. The van der Waals surface area contributed by atoms with Gasteiger partial charge in [0, 0.05) is 38.1 Å². The molecule has 130 valence electrons. The molecular weight excluding hydrogens is 314 g/mol. The van der Waals surface area contributed by atoms with Crippen LogP contribution in [0.4, 0.5) is 5.69 Å². The quantitative estimate of drug-likeness (QED) is 0.837. The molecule has 1 aromatic heterocycles. The number of methoxy groups -OCH3 is 1. The molecule has 1 aliphatic heterocycles. The maximum absolute atomic E-state index is 13.1. The smallest absolute Gasteiger partial charge is 0.277 e. The summed E-state index contributed by atoms with van der Waals surface area (Å²) >= 11 is 0. The van der Waals surface area contributed by atoms with E-state index < -0.39 is 0 Å². The Morgan fingerprint density at radius 1 is 1.24 bits per heavy atom. The number of hydrogen-bond acceptors (Lipinski definition) is 4. The standard InChI is InChI=1S/C20H23N3O2/c1-25-13-10-14-9-12-23(18-5-3-2-4-16(14)18)20(24)17-8-11-21-19(22-17)15-6-7-15/h2-5,8,11,14-15H,6-7,9-10,12-13H2,1H3. The van der Waals surface area contributed by atoms with E-state index in [-0.39, 0.29) is 5.91 Å². The van der Waals surface area contributed by atoms with Crippen LogP contribution in [0, 0.1) is 0 Å². The summed E-state index contributed by atoms with van der Waals surface area (Å²) in [6.07, 6.45) is 5.91. The maximum Gasteiger partial charge on any atom is 0.277 e. The van der Waals surface area contributed by atoms with Gasteiger partial charge in [0.1, 0.15) is 11.5 Å². The summed E-state index contributed by atoms with van der Waals surface area (Å²) in [4.78, 5) is 23.8. The average molecular weight is 337 g/mol. The van der Waals surface area contributed by atoms with Gasteiger partial charge >= 0.3 is 0 Å². The predicted molar refractivity (Wildman–Crippen MR) is 96.0 cm³/mol. The first kappa shape index (κ1) is 16.2. The minimum atomic E-state index is -0.0260. The molecule has 1 atom stereocenters. The highest BCUT2D eigenvalue weighted by atomic mass is 16.5. The second kappa shape index (κ2) is 6.92. The van der Waals surface area contributed by atoms with Crippen LogP contribution in [0.15, 0.2) is 36.5 Å². The molecule has 1 fully saturated rings. The highest BCUT2D eigenvalue weighted by Gasteiger charge is 2.31. The SMILES string of the molecule is COCCC1CCN(C(=O)c2ccnc(C3CC3)n2)c2ccccc21. The number of carbonyl (C=O) groups excluding carboxylic acids is 1. The summed E-state index contributed by atoms with van der Waals surface area (Å²) in [5.41, 5.74) is 2.74. The Morgan fingerprint density at radius 2 is 2.08 bits per heavy atom. The highest BCUT2D eigenvalue weighted by molar-refractivity contribution is 6.05. The van der Waals surface area contributed by atoms with E-state index in [0.717, 1.165) is 43.8 Å². The summed E-state index contributed by atoms with van der Waals surface area (Å²) in [7, 11) is 1.73.